The van der Waals surface area contributed by atoms with E-state index < -0.39 is 11.5 Å². The molecule has 1 aromatic rings. The Kier molecular flexibility index (Phi) is 4.50. The van der Waals surface area contributed by atoms with Crippen LogP contribution in [0.25, 0.3) is 0 Å². The molecule has 1 atom stereocenters. The molecule has 114 valence electrons. The summed E-state index contributed by atoms with van der Waals surface area (Å²) in [6.07, 6.45) is 1.43. The highest BCUT2D eigenvalue weighted by molar-refractivity contribution is 5.87. The molecule has 0 aliphatic carbocycles. The van der Waals surface area contributed by atoms with Crippen molar-refractivity contribution in [1.82, 2.24) is 4.90 Å². The number of likely N-dealkylation sites (tertiary alicyclic amines) is 1. The van der Waals surface area contributed by atoms with E-state index in [0.717, 1.165) is 17.7 Å². The molecule has 0 saturated carbocycles. The highest BCUT2D eigenvalue weighted by Gasteiger charge is 2.45. The van der Waals surface area contributed by atoms with Crippen molar-refractivity contribution in [3.8, 4) is 5.75 Å². The Morgan fingerprint density at radius 3 is 2.62 bits per heavy atom. The number of ether oxygens (including phenoxy) is 1. The van der Waals surface area contributed by atoms with Gasteiger partial charge in [-0.3, -0.25) is 4.79 Å². The molecule has 1 heterocycles. The summed E-state index contributed by atoms with van der Waals surface area (Å²) in [7, 11) is 0. The minimum Gasteiger partial charge on any atom is -0.493 e. The van der Waals surface area contributed by atoms with E-state index in [4.69, 9.17) is 4.74 Å². The van der Waals surface area contributed by atoms with Crippen molar-refractivity contribution in [1.29, 1.82) is 0 Å². The minimum atomic E-state index is -1.07. The van der Waals surface area contributed by atoms with Crippen LogP contribution in [0.4, 0.5) is 0 Å². The van der Waals surface area contributed by atoms with Crippen molar-refractivity contribution in [2.24, 2.45) is 0 Å². The molecule has 1 fully saturated rings. The number of rotatable bonds is 5. The summed E-state index contributed by atoms with van der Waals surface area (Å²) in [5.41, 5.74) is 0.0775. The lowest BCUT2D eigenvalue weighted by molar-refractivity contribution is -0.155. The number of carboxylic acids is 1. The van der Waals surface area contributed by atoms with Crippen LogP contribution in [-0.2, 0) is 9.59 Å². The van der Waals surface area contributed by atoms with Crippen molar-refractivity contribution in [3.63, 3.8) is 0 Å². The molecule has 1 aliphatic heterocycles. The number of hydrogen-bond acceptors (Lipinski definition) is 3. The number of aryl methyl sites for hydroxylation is 1. The first kappa shape index (κ1) is 15.4. The molecular formula is C16H21NO4. The molecule has 1 amide bonds. The highest BCUT2D eigenvalue weighted by Crippen LogP contribution is 2.29. The fourth-order valence-corrected chi connectivity index (χ4v) is 2.61. The van der Waals surface area contributed by atoms with Gasteiger partial charge in [-0.05, 0) is 38.8 Å². The number of aliphatic carboxylic acids is 1. The lowest BCUT2D eigenvalue weighted by Gasteiger charge is -2.31. The summed E-state index contributed by atoms with van der Waals surface area (Å²) < 4.78 is 5.52. The topological polar surface area (TPSA) is 66.8 Å². The lowest BCUT2D eigenvalue weighted by atomic mass is 9.99. The third-order valence-electron chi connectivity index (χ3n) is 4.01. The van der Waals surface area contributed by atoms with Gasteiger partial charge < -0.3 is 14.7 Å². The average Bonchev–Trinajstić information content (AvgIpc) is 2.84. The van der Waals surface area contributed by atoms with Crippen LogP contribution in [0, 0.1) is 6.92 Å². The molecule has 5 heteroatoms. The number of carbonyl (C=O) groups is 2. The molecule has 0 aromatic heterocycles. The second kappa shape index (κ2) is 6.16. The molecule has 1 unspecified atom stereocenters. The van der Waals surface area contributed by atoms with Crippen LogP contribution in [0.15, 0.2) is 24.3 Å². The molecule has 5 nitrogen and oxygen atoms in total. The Morgan fingerprint density at radius 2 is 2.00 bits per heavy atom. The predicted octanol–water partition coefficient (Wildman–Crippen LogP) is 2.23. The smallest absolute Gasteiger partial charge is 0.329 e. The van der Waals surface area contributed by atoms with Crippen LogP contribution < -0.4 is 4.74 Å². The van der Waals surface area contributed by atoms with E-state index in [2.05, 4.69) is 0 Å². The molecule has 21 heavy (non-hydrogen) atoms. The molecule has 2 rings (SSSR count). The zero-order valence-electron chi connectivity index (χ0n) is 12.5. The minimum absolute atomic E-state index is 0.162. The highest BCUT2D eigenvalue weighted by atomic mass is 16.5. The quantitative estimate of drug-likeness (QED) is 0.903. The zero-order valence-corrected chi connectivity index (χ0v) is 12.5. The van der Waals surface area contributed by atoms with Crippen molar-refractivity contribution in [2.45, 2.75) is 38.6 Å². The monoisotopic (exact) mass is 291 g/mol. The van der Waals surface area contributed by atoms with Crippen LogP contribution in [0.1, 0.15) is 31.7 Å². The Morgan fingerprint density at radius 1 is 1.33 bits per heavy atom. The summed E-state index contributed by atoms with van der Waals surface area (Å²) >= 11 is 0. The first-order chi connectivity index (χ1) is 9.93. The van der Waals surface area contributed by atoms with E-state index in [1.165, 1.54) is 4.90 Å². The van der Waals surface area contributed by atoms with Crippen molar-refractivity contribution in [2.75, 3.05) is 13.2 Å². The summed E-state index contributed by atoms with van der Waals surface area (Å²) in [4.78, 5) is 25.0. The molecule has 0 bridgehead atoms. The maximum Gasteiger partial charge on any atom is 0.329 e. The van der Waals surface area contributed by atoms with Gasteiger partial charge in [0.1, 0.15) is 11.3 Å². The maximum atomic E-state index is 12.2. The van der Waals surface area contributed by atoms with Gasteiger partial charge in [0.15, 0.2) is 0 Å². The van der Waals surface area contributed by atoms with Gasteiger partial charge in [-0.15, -0.1) is 0 Å². The van der Waals surface area contributed by atoms with E-state index in [-0.39, 0.29) is 18.9 Å². The van der Waals surface area contributed by atoms with Crippen LogP contribution in [0.2, 0.25) is 0 Å². The van der Waals surface area contributed by atoms with Crippen LogP contribution in [-0.4, -0.2) is 40.6 Å². The van der Waals surface area contributed by atoms with Crippen molar-refractivity contribution >= 4 is 11.9 Å². The molecule has 0 radical (unpaired) electrons. The Labute approximate surface area is 124 Å². The number of carbonyl (C=O) groups excluding carboxylic acids is 1. The molecule has 1 aromatic carbocycles. The first-order valence-corrected chi connectivity index (χ1v) is 7.17. The predicted molar refractivity (Wildman–Crippen MR) is 78.3 cm³/mol. The number of nitrogens with zero attached hydrogens (tertiary/aromatic N) is 1. The lowest BCUT2D eigenvalue weighted by Crippen LogP contribution is -2.51. The summed E-state index contributed by atoms with van der Waals surface area (Å²) in [6, 6.07) is 7.60. The van der Waals surface area contributed by atoms with Crippen LogP contribution >= 0.6 is 0 Å². The fraction of sp³-hybridized carbons (Fsp3) is 0.500. The van der Waals surface area contributed by atoms with Gasteiger partial charge in [0, 0.05) is 6.54 Å². The van der Waals surface area contributed by atoms with E-state index in [0.29, 0.717) is 13.0 Å². The van der Waals surface area contributed by atoms with Gasteiger partial charge in [-0.1, -0.05) is 17.7 Å². The average molecular weight is 291 g/mol. The maximum absolute atomic E-state index is 12.2. The van der Waals surface area contributed by atoms with E-state index in [1.807, 2.05) is 31.2 Å². The van der Waals surface area contributed by atoms with Gasteiger partial charge in [0.05, 0.1) is 13.0 Å². The first-order valence-electron chi connectivity index (χ1n) is 7.17. The Balaban J connectivity index is 1.87. The normalized spacial score (nSPS) is 21.3. The van der Waals surface area contributed by atoms with Gasteiger partial charge in [-0.25, -0.2) is 4.79 Å². The van der Waals surface area contributed by atoms with Gasteiger partial charge in [0.2, 0.25) is 5.91 Å². The van der Waals surface area contributed by atoms with Crippen molar-refractivity contribution in [3.05, 3.63) is 29.8 Å². The molecule has 1 aliphatic rings. The second-order valence-electron chi connectivity index (χ2n) is 5.64. The largest absolute Gasteiger partial charge is 0.493 e. The van der Waals surface area contributed by atoms with Gasteiger partial charge in [-0.2, -0.15) is 0 Å². The molecule has 1 N–H and O–H groups in total. The zero-order chi connectivity index (χ0) is 15.5. The van der Waals surface area contributed by atoms with Gasteiger partial charge >= 0.3 is 5.97 Å². The van der Waals surface area contributed by atoms with E-state index in [1.54, 1.807) is 6.92 Å². The molecule has 1 saturated heterocycles. The Hall–Kier alpha value is -2.04. The number of benzene rings is 1. The molecular weight excluding hydrogens is 270 g/mol. The summed E-state index contributed by atoms with van der Waals surface area (Å²) in [6.45, 7) is 4.37. The second-order valence-corrected chi connectivity index (χ2v) is 5.64. The molecule has 0 spiro atoms. The summed E-state index contributed by atoms with van der Waals surface area (Å²) in [5.74, 6) is -0.381. The number of hydrogen-bond donors (Lipinski definition) is 1. The van der Waals surface area contributed by atoms with E-state index >= 15 is 0 Å². The fourth-order valence-electron chi connectivity index (χ4n) is 2.61. The van der Waals surface area contributed by atoms with Crippen LogP contribution in [0.5, 0.6) is 5.75 Å². The SMILES string of the molecule is Cc1ccc(OCCC(=O)N2CCCC2(C)C(=O)O)cc1. The standard InChI is InChI=1S/C16H21NO4/c1-12-4-6-13(7-5-12)21-11-8-14(18)17-10-3-9-16(17,2)15(19)20/h4-7H,3,8-11H2,1-2H3,(H,19,20). The summed E-state index contributed by atoms with van der Waals surface area (Å²) in [5, 5.41) is 9.30. The number of carboxylic acid groups (broad SMARTS) is 1. The van der Waals surface area contributed by atoms with Crippen molar-refractivity contribution < 1.29 is 19.4 Å². The third-order valence-corrected chi connectivity index (χ3v) is 4.01. The van der Waals surface area contributed by atoms with Gasteiger partial charge in [0.25, 0.3) is 0 Å². The third kappa shape index (κ3) is 3.35. The number of amides is 1. The van der Waals surface area contributed by atoms with E-state index in [9.17, 15) is 14.7 Å². The van der Waals surface area contributed by atoms with Crippen LogP contribution in [0.3, 0.4) is 0 Å². The Bertz CT molecular complexity index is 526.